The van der Waals surface area contributed by atoms with E-state index in [0.717, 1.165) is 11.3 Å². The lowest BCUT2D eigenvalue weighted by Crippen LogP contribution is -2.43. The van der Waals surface area contributed by atoms with Gasteiger partial charge < -0.3 is 9.84 Å². The first kappa shape index (κ1) is 15.4. The van der Waals surface area contributed by atoms with Crippen LogP contribution in [0.5, 0.6) is 11.5 Å². The van der Waals surface area contributed by atoms with Crippen LogP contribution in [-0.4, -0.2) is 5.11 Å². The van der Waals surface area contributed by atoms with Gasteiger partial charge in [0, 0.05) is 5.56 Å². The summed E-state index contributed by atoms with van der Waals surface area (Å²) in [7, 11) is 0. The van der Waals surface area contributed by atoms with Crippen LogP contribution in [0.3, 0.4) is 0 Å². The zero-order valence-electron chi connectivity index (χ0n) is 13.2. The van der Waals surface area contributed by atoms with Crippen LogP contribution in [0.25, 0.3) is 0 Å². The van der Waals surface area contributed by atoms with Crippen molar-refractivity contribution in [2.75, 3.05) is 0 Å². The lowest BCUT2D eigenvalue weighted by molar-refractivity contribution is -0.0286. The molecule has 0 amide bonds. The molecular weight excluding hydrogens is 260 g/mol. The van der Waals surface area contributed by atoms with E-state index >= 15 is 0 Å². The van der Waals surface area contributed by atoms with Gasteiger partial charge in [-0.3, -0.25) is 0 Å². The molecule has 0 saturated heterocycles. The summed E-state index contributed by atoms with van der Waals surface area (Å²) in [5.74, 6) is 1.54. The number of hydrogen-bond acceptors (Lipinski definition) is 2. The lowest BCUT2D eigenvalue weighted by atomic mass is 9.74. The summed E-state index contributed by atoms with van der Waals surface area (Å²) < 4.78 is 6.43. The Kier molecular flexibility index (Phi) is 4.56. The van der Waals surface area contributed by atoms with Crippen LogP contribution >= 0.6 is 0 Å². The molecule has 0 radical (unpaired) electrons. The maximum atomic E-state index is 10.3. The first-order chi connectivity index (χ1) is 9.98. The molecule has 0 unspecified atom stereocenters. The van der Waals surface area contributed by atoms with Gasteiger partial charge in [-0.05, 0) is 30.0 Å². The number of para-hydroxylation sites is 2. The van der Waals surface area contributed by atoms with Crippen molar-refractivity contribution in [3.8, 4) is 11.5 Å². The van der Waals surface area contributed by atoms with Gasteiger partial charge >= 0.3 is 0 Å². The van der Waals surface area contributed by atoms with Crippen LogP contribution in [-0.2, 0) is 5.60 Å². The standard InChI is InChI=1S/C19H24O2/c1-14(2)19(15(3)4,17-12-8-9-13-18(17)20)21-16-10-6-5-7-11-16/h5-15,20H,1-4H3. The molecule has 0 fully saturated rings. The lowest BCUT2D eigenvalue weighted by Gasteiger charge is -2.42. The second-order valence-corrected chi connectivity index (χ2v) is 6.03. The molecule has 2 aromatic rings. The monoisotopic (exact) mass is 284 g/mol. The van der Waals surface area contributed by atoms with Crippen molar-refractivity contribution in [2.45, 2.75) is 33.3 Å². The fraction of sp³-hybridized carbons (Fsp3) is 0.368. The van der Waals surface area contributed by atoms with E-state index in [1.807, 2.05) is 48.5 Å². The molecule has 2 heteroatoms. The number of phenols is 1. The van der Waals surface area contributed by atoms with E-state index < -0.39 is 5.60 Å². The van der Waals surface area contributed by atoms with Crippen molar-refractivity contribution >= 4 is 0 Å². The molecule has 2 aromatic carbocycles. The Morgan fingerprint density at radius 1 is 0.810 bits per heavy atom. The fourth-order valence-corrected chi connectivity index (χ4v) is 3.07. The SMILES string of the molecule is CC(C)C(Oc1ccccc1)(c1ccccc1O)C(C)C. The quantitative estimate of drug-likeness (QED) is 0.839. The average Bonchev–Trinajstić information content (AvgIpc) is 2.46. The Morgan fingerprint density at radius 3 is 1.86 bits per heavy atom. The fourth-order valence-electron chi connectivity index (χ4n) is 3.07. The summed E-state index contributed by atoms with van der Waals surface area (Å²) in [5.41, 5.74) is 0.283. The molecule has 2 rings (SSSR count). The number of ether oxygens (including phenoxy) is 1. The molecule has 0 aliphatic heterocycles. The zero-order chi connectivity index (χ0) is 15.5. The maximum absolute atomic E-state index is 10.3. The highest BCUT2D eigenvalue weighted by atomic mass is 16.5. The van der Waals surface area contributed by atoms with Crippen molar-refractivity contribution in [3.05, 3.63) is 60.2 Å². The number of hydrogen-bond donors (Lipinski definition) is 1. The van der Waals surface area contributed by atoms with E-state index in [2.05, 4.69) is 27.7 Å². The molecule has 0 aliphatic carbocycles. The zero-order valence-corrected chi connectivity index (χ0v) is 13.2. The Labute approximate surface area is 127 Å². The summed E-state index contributed by atoms with van der Waals surface area (Å²) >= 11 is 0. The topological polar surface area (TPSA) is 29.5 Å². The molecule has 0 aromatic heterocycles. The van der Waals surface area contributed by atoms with Gasteiger partial charge in [0.05, 0.1) is 0 Å². The minimum Gasteiger partial charge on any atom is -0.508 e. The number of rotatable bonds is 5. The summed E-state index contributed by atoms with van der Waals surface area (Å²) in [4.78, 5) is 0. The third kappa shape index (κ3) is 2.90. The van der Waals surface area contributed by atoms with Gasteiger partial charge in [-0.15, -0.1) is 0 Å². The average molecular weight is 284 g/mol. The van der Waals surface area contributed by atoms with Crippen LogP contribution in [0.2, 0.25) is 0 Å². The molecule has 0 atom stereocenters. The van der Waals surface area contributed by atoms with Gasteiger partial charge in [0.25, 0.3) is 0 Å². The maximum Gasteiger partial charge on any atom is 0.142 e. The van der Waals surface area contributed by atoms with Gasteiger partial charge in [0.15, 0.2) is 0 Å². The number of benzene rings is 2. The van der Waals surface area contributed by atoms with Crippen LogP contribution in [0.4, 0.5) is 0 Å². The smallest absolute Gasteiger partial charge is 0.142 e. The summed E-state index contributed by atoms with van der Waals surface area (Å²) in [6.45, 7) is 8.54. The molecular formula is C19H24O2. The number of aromatic hydroxyl groups is 1. The summed E-state index contributed by atoms with van der Waals surface area (Å²) in [6, 6.07) is 17.3. The summed E-state index contributed by atoms with van der Waals surface area (Å²) in [5, 5.41) is 10.3. The Balaban J connectivity index is 2.56. The van der Waals surface area contributed by atoms with Crippen LogP contribution in [0, 0.1) is 11.8 Å². The molecule has 112 valence electrons. The summed E-state index contributed by atoms with van der Waals surface area (Å²) in [6.07, 6.45) is 0. The van der Waals surface area contributed by atoms with Crippen molar-refractivity contribution in [1.29, 1.82) is 0 Å². The van der Waals surface area contributed by atoms with Gasteiger partial charge in [0.1, 0.15) is 17.1 Å². The predicted molar refractivity (Wildman–Crippen MR) is 86.5 cm³/mol. The minimum absolute atomic E-state index is 0.214. The molecule has 21 heavy (non-hydrogen) atoms. The second kappa shape index (κ2) is 6.21. The third-order valence-corrected chi connectivity index (χ3v) is 4.07. The predicted octanol–water partition coefficient (Wildman–Crippen LogP) is 4.98. The first-order valence-electron chi connectivity index (χ1n) is 7.51. The van der Waals surface area contributed by atoms with Crippen LogP contribution in [0.1, 0.15) is 33.3 Å². The Hall–Kier alpha value is -1.96. The van der Waals surface area contributed by atoms with Crippen LogP contribution < -0.4 is 4.74 Å². The van der Waals surface area contributed by atoms with E-state index in [1.54, 1.807) is 6.07 Å². The molecule has 0 aliphatic rings. The molecule has 0 saturated carbocycles. The van der Waals surface area contributed by atoms with Crippen molar-refractivity contribution in [3.63, 3.8) is 0 Å². The molecule has 0 heterocycles. The Bertz CT molecular complexity index is 565. The van der Waals surface area contributed by atoms with E-state index in [1.165, 1.54) is 0 Å². The minimum atomic E-state index is -0.563. The largest absolute Gasteiger partial charge is 0.508 e. The van der Waals surface area contributed by atoms with Gasteiger partial charge in [-0.25, -0.2) is 0 Å². The first-order valence-corrected chi connectivity index (χ1v) is 7.51. The number of phenolic OH excluding ortho intramolecular Hbond substituents is 1. The highest BCUT2D eigenvalue weighted by Crippen LogP contribution is 2.44. The second-order valence-electron chi connectivity index (χ2n) is 6.03. The highest BCUT2D eigenvalue weighted by Gasteiger charge is 2.43. The van der Waals surface area contributed by atoms with E-state index in [9.17, 15) is 5.11 Å². The highest BCUT2D eigenvalue weighted by molar-refractivity contribution is 5.39. The van der Waals surface area contributed by atoms with E-state index in [0.29, 0.717) is 0 Å². The van der Waals surface area contributed by atoms with E-state index in [-0.39, 0.29) is 17.6 Å². The molecule has 0 spiro atoms. The third-order valence-electron chi connectivity index (χ3n) is 4.07. The molecule has 2 nitrogen and oxygen atoms in total. The van der Waals surface area contributed by atoms with Crippen molar-refractivity contribution in [1.82, 2.24) is 0 Å². The van der Waals surface area contributed by atoms with Gasteiger partial charge in [-0.2, -0.15) is 0 Å². The van der Waals surface area contributed by atoms with Crippen molar-refractivity contribution < 1.29 is 9.84 Å². The Morgan fingerprint density at radius 2 is 1.33 bits per heavy atom. The van der Waals surface area contributed by atoms with Crippen molar-refractivity contribution in [2.24, 2.45) is 11.8 Å². The van der Waals surface area contributed by atoms with Crippen LogP contribution in [0.15, 0.2) is 54.6 Å². The van der Waals surface area contributed by atoms with E-state index in [4.69, 9.17) is 4.74 Å². The van der Waals surface area contributed by atoms with Gasteiger partial charge in [0.2, 0.25) is 0 Å². The molecule has 0 bridgehead atoms. The molecule has 1 N–H and O–H groups in total. The van der Waals surface area contributed by atoms with Gasteiger partial charge in [-0.1, -0.05) is 64.1 Å². The normalized spacial score (nSPS) is 11.9.